The monoisotopic (exact) mass is 345 g/mol. The summed E-state index contributed by atoms with van der Waals surface area (Å²) in [6, 6.07) is 13.4. The van der Waals surface area contributed by atoms with Gasteiger partial charge in [0.25, 0.3) is 0 Å². The van der Waals surface area contributed by atoms with Crippen LogP contribution in [0.3, 0.4) is 0 Å². The molecule has 3 heteroatoms. The zero-order valence-corrected chi connectivity index (χ0v) is 13.8. The molecule has 1 N–H and O–H groups in total. The molecule has 0 fully saturated rings. The van der Waals surface area contributed by atoms with Crippen LogP contribution in [0.2, 0.25) is 0 Å². The first-order valence-electron chi connectivity index (χ1n) is 7.51. The Morgan fingerprint density at radius 1 is 1.19 bits per heavy atom. The quantitative estimate of drug-likeness (QED) is 0.846. The van der Waals surface area contributed by atoms with E-state index in [-0.39, 0.29) is 6.04 Å². The van der Waals surface area contributed by atoms with E-state index in [9.17, 15) is 0 Å². The number of likely N-dealkylation sites (N-methyl/N-ethyl adjacent to an activating group) is 1. The van der Waals surface area contributed by atoms with Gasteiger partial charge in [-0.2, -0.15) is 0 Å². The number of benzene rings is 2. The first-order valence-corrected chi connectivity index (χ1v) is 8.30. The van der Waals surface area contributed by atoms with E-state index in [2.05, 4.69) is 64.6 Å². The Hall–Kier alpha value is -1.32. The van der Waals surface area contributed by atoms with Crippen molar-refractivity contribution < 1.29 is 4.74 Å². The molecule has 2 nitrogen and oxygen atoms in total. The Balaban J connectivity index is 1.98. The van der Waals surface area contributed by atoms with Crippen molar-refractivity contribution in [3.05, 3.63) is 58.3 Å². The number of halogens is 1. The lowest BCUT2D eigenvalue weighted by Gasteiger charge is -2.24. The molecule has 1 heterocycles. The smallest absolute Gasteiger partial charge is 0.0876 e. The highest BCUT2D eigenvalue weighted by Crippen LogP contribution is 2.30. The number of nitrogens with one attached hydrogen (secondary N) is 1. The summed E-state index contributed by atoms with van der Waals surface area (Å²) in [5.41, 5.74) is 2.66. The molecule has 1 atom stereocenters. The normalized spacial score (nSPS) is 16.4. The van der Waals surface area contributed by atoms with Crippen molar-refractivity contribution >= 4 is 26.7 Å². The molecule has 0 aromatic heterocycles. The van der Waals surface area contributed by atoms with Gasteiger partial charge in [-0.25, -0.2) is 0 Å². The maximum absolute atomic E-state index is 5.53. The summed E-state index contributed by atoms with van der Waals surface area (Å²) in [4.78, 5) is 0. The van der Waals surface area contributed by atoms with E-state index < -0.39 is 0 Å². The van der Waals surface area contributed by atoms with Crippen molar-refractivity contribution in [2.45, 2.75) is 25.8 Å². The van der Waals surface area contributed by atoms with Crippen LogP contribution < -0.4 is 5.32 Å². The molecule has 0 radical (unpaired) electrons. The zero-order valence-electron chi connectivity index (χ0n) is 12.2. The summed E-state index contributed by atoms with van der Waals surface area (Å²) >= 11 is 3.53. The maximum atomic E-state index is 5.53. The lowest BCUT2D eigenvalue weighted by Crippen LogP contribution is -2.24. The predicted molar refractivity (Wildman–Crippen MR) is 91.3 cm³/mol. The van der Waals surface area contributed by atoms with E-state index in [1.54, 1.807) is 0 Å². The molecule has 0 bridgehead atoms. The van der Waals surface area contributed by atoms with Gasteiger partial charge in [0.15, 0.2) is 0 Å². The summed E-state index contributed by atoms with van der Waals surface area (Å²) < 4.78 is 6.65. The summed E-state index contributed by atoms with van der Waals surface area (Å²) in [6.07, 6.45) is 4.16. The predicted octanol–water partition coefficient (Wildman–Crippen LogP) is 4.95. The molecule has 1 aliphatic heterocycles. The van der Waals surface area contributed by atoms with Gasteiger partial charge in [0.2, 0.25) is 0 Å². The Morgan fingerprint density at radius 3 is 2.76 bits per heavy atom. The molecule has 0 saturated heterocycles. The van der Waals surface area contributed by atoms with Crippen LogP contribution in [0, 0.1) is 0 Å². The van der Waals surface area contributed by atoms with Crippen molar-refractivity contribution in [1.29, 1.82) is 0 Å². The second-order valence-electron chi connectivity index (χ2n) is 5.41. The highest BCUT2D eigenvalue weighted by molar-refractivity contribution is 9.10. The molecule has 1 unspecified atom stereocenters. The van der Waals surface area contributed by atoms with Crippen LogP contribution in [0.4, 0.5) is 0 Å². The van der Waals surface area contributed by atoms with Crippen LogP contribution in [0.5, 0.6) is 0 Å². The highest BCUT2D eigenvalue weighted by atomic mass is 79.9. The number of ether oxygens (including phenoxy) is 1. The van der Waals surface area contributed by atoms with Crippen molar-refractivity contribution in [3.8, 4) is 0 Å². The third kappa shape index (κ3) is 3.30. The first-order chi connectivity index (χ1) is 10.3. The molecule has 2 aromatic rings. The molecular formula is C18H20BrNO. The van der Waals surface area contributed by atoms with Crippen molar-refractivity contribution in [2.24, 2.45) is 0 Å². The largest absolute Gasteiger partial charge is 0.501 e. The minimum Gasteiger partial charge on any atom is -0.501 e. The topological polar surface area (TPSA) is 21.3 Å². The molecule has 2 aromatic carbocycles. The van der Waals surface area contributed by atoms with Crippen molar-refractivity contribution in [2.75, 3.05) is 13.2 Å². The summed E-state index contributed by atoms with van der Waals surface area (Å²) in [7, 11) is 0. The molecule has 0 spiro atoms. The minimum absolute atomic E-state index is 0.253. The van der Waals surface area contributed by atoms with Gasteiger partial charge in [-0.05, 0) is 59.5 Å². The number of rotatable bonds is 4. The fraction of sp³-hybridized carbons (Fsp3) is 0.333. The molecule has 0 aliphatic carbocycles. The number of fused-ring (bicyclic) bond motifs is 1. The Kier molecular flexibility index (Phi) is 4.61. The van der Waals surface area contributed by atoms with Gasteiger partial charge in [-0.3, -0.25) is 0 Å². The maximum Gasteiger partial charge on any atom is 0.0876 e. The SMILES string of the molecule is CCNC(C1=COCCC1)c1ccc2cc(Br)ccc2c1. The second kappa shape index (κ2) is 6.63. The second-order valence-corrected chi connectivity index (χ2v) is 6.32. The van der Waals surface area contributed by atoms with E-state index in [0.29, 0.717) is 0 Å². The van der Waals surface area contributed by atoms with Gasteiger partial charge < -0.3 is 10.1 Å². The van der Waals surface area contributed by atoms with Crippen LogP contribution >= 0.6 is 15.9 Å². The van der Waals surface area contributed by atoms with Crippen LogP contribution in [0.1, 0.15) is 31.4 Å². The summed E-state index contributed by atoms with van der Waals surface area (Å²) in [6.45, 7) is 3.93. The fourth-order valence-corrected chi connectivity index (χ4v) is 3.26. The lowest BCUT2D eigenvalue weighted by atomic mass is 9.93. The number of hydrogen-bond acceptors (Lipinski definition) is 2. The molecular weight excluding hydrogens is 326 g/mol. The first kappa shape index (κ1) is 14.6. The van der Waals surface area contributed by atoms with Gasteiger partial charge >= 0.3 is 0 Å². The summed E-state index contributed by atoms with van der Waals surface area (Å²) in [5, 5.41) is 6.12. The third-order valence-electron chi connectivity index (χ3n) is 3.90. The van der Waals surface area contributed by atoms with Crippen LogP contribution in [0.25, 0.3) is 10.8 Å². The lowest BCUT2D eigenvalue weighted by molar-refractivity contribution is 0.219. The molecule has 21 heavy (non-hydrogen) atoms. The number of hydrogen-bond donors (Lipinski definition) is 1. The van der Waals surface area contributed by atoms with E-state index in [0.717, 1.165) is 30.5 Å². The van der Waals surface area contributed by atoms with Crippen molar-refractivity contribution in [3.63, 3.8) is 0 Å². The van der Waals surface area contributed by atoms with Crippen molar-refractivity contribution in [1.82, 2.24) is 5.32 Å². The highest BCUT2D eigenvalue weighted by Gasteiger charge is 2.18. The standard InChI is InChI=1S/C18H20BrNO/c1-2-20-18(16-4-3-9-21-12-16)15-6-5-14-11-17(19)8-7-13(14)10-15/h5-8,10-12,18,20H,2-4,9H2,1H3. The molecule has 1 aliphatic rings. The van der Waals surface area contributed by atoms with Gasteiger partial charge in [0.05, 0.1) is 18.9 Å². The zero-order chi connectivity index (χ0) is 14.7. The van der Waals surface area contributed by atoms with Crippen LogP contribution in [0.15, 0.2) is 52.7 Å². The molecule has 110 valence electrons. The Bertz CT molecular complexity index is 665. The van der Waals surface area contributed by atoms with Gasteiger partial charge in [0.1, 0.15) is 0 Å². The van der Waals surface area contributed by atoms with Gasteiger partial charge in [0, 0.05) is 4.47 Å². The Morgan fingerprint density at radius 2 is 2.00 bits per heavy atom. The average Bonchev–Trinajstić information content (AvgIpc) is 2.53. The fourth-order valence-electron chi connectivity index (χ4n) is 2.88. The molecule has 0 saturated carbocycles. The molecule has 3 rings (SSSR count). The summed E-state index contributed by atoms with van der Waals surface area (Å²) in [5.74, 6) is 0. The van der Waals surface area contributed by atoms with Crippen LogP contribution in [-0.2, 0) is 4.74 Å². The van der Waals surface area contributed by atoms with E-state index in [1.165, 1.54) is 21.9 Å². The minimum atomic E-state index is 0.253. The van der Waals surface area contributed by atoms with E-state index in [4.69, 9.17) is 4.74 Å². The van der Waals surface area contributed by atoms with Crippen LogP contribution in [-0.4, -0.2) is 13.2 Å². The Labute approximate surface area is 134 Å². The molecule has 0 amide bonds. The van der Waals surface area contributed by atoms with E-state index >= 15 is 0 Å². The third-order valence-corrected chi connectivity index (χ3v) is 4.39. The van der Waals surface area contributed by atoms with Gasteiger partial charge in [-0.1, -0.05) is 41.1 Å². The van der Waals surface area contributed by atoms with E-state index in [1.807, 2.05) is 6.26 Å². The average molecular weight is 346 g/mol. The van der Waals surface area contributed by atoms with Gasteiger partial charge in [-0.15, -0.1) is 0 Å².